The second-order valence-electron chi connectivity index (χ2n) is 5.82. The van der Waals surface area contributed by atoms with Crippen LogP contribution < -0.4 is 5.73 Å². The van der Waals surface area contributed by atoms with Crippen molar-refractivity contribution in [1.82, 2.24) is 19.4 Å². The summed E-state index contributed by atoms with van der Waals surface area (Å²) in [6, 6.07) is 2.56. The fraction of sp³-hybridized carbons (Fsp3) is 0.571. The molecule has 4 rings (SSSR count). The third-order valence-corrected chi connectivity index (χ3v) is 4.86. The molecule has 0 aliphatic carbocycles. The van der Waals surface area contributed by atoms with Crippen molar-refractivity contribution < 1.29 is 4.74 Å². The Kier molecular flexibility index (Phi) is 3.35. The Labute approximate surface area is 131 Å². The van der Waals surface area contributed by atoms with Crippen molar-refractivity contribution in [3.63, 3.8) is 0 Å². The predicted molar refractivity (Wildman–Crippen MR) is 84.0 cm³/mol. The smallest absolute Gasteiger partial charge is 0.202 e. The molecule has 2 N–H and O–H groups in total. The number of anilines is 1. The SMILES string of the molecule is Nc1nc2cc(Br)cnc2n1CC1CN2CCCC2CO1. The van der Waals surface area contributed by atoms with Crippen LogP contribution in [-0.4, -0.2) is 51.3 Å². The van der Waals surface area contributed by atoms with E-state index in [-0.39, 0.29) is 6.10 Å². The van der Waals surface area contributed by atoms with Crippen LogP contribution in [0.4, 0.5) is 5.95 Å². The van der Waals surface area contributed by atoms with Crippen LogP contribution in [0.15, 0.2) is 16.7 Å². The number of nitrogens with zero attached hydrogens (tertiary/aromatic N) is 4. The molecule has 0 radical (unpaired) electrons. The van der Waals surface area contributed by atoms with Gasteiger partial charge in [0.2, 0.25) is 5.95 Å². The third-order valence-electron chi connectivity index (χ3n) is 4.43. The number of hydrogen-bond acceptors (Lipinski definition) is 5. The van der Waals surface area contributed by atoms with Crippen molar-refractivity contribution in [2.45, 2.75) is 31.5 Å². The topological polar surface area (TPSA) is 69.2 Å². The van der Waals surface area contributed by atoms with E-state index in [1.807, 2.05) is 10.6 Å². The first-order chi connectivity index (χ1) is 10.2. The number of ether oxygens (including phenoxy) is 1. The summed E-state index contributed by atoms with van der Waals surface area (Å²) in [4.78, 5) is 11.4. The lowest BCUT2D eigenvalue weighted by atomic mass is 10.2. The van der Waals surface area contributed by atoms with Crippen molar-refractivity contribution in [2.75, 3.05) is 25.4 Å². The highest BCUT2D eigenvalue weighted by atomic mass is 79.9. The lowest BCUT2D eigenvalue weighted by Crippen LogP contribution is -2.47. The molecule has 2 fully saturated rings. The van der Waals surface area contributed by atoms with Crippen LogP contribution in [0.3, 0.4) is 0 Å². The zero-order valence-corrected chi connectivity index (χ0v) is 13.3. The van der Waals surface area contributed by atoms with E-state index in [1.54, 1.807) is 6.20 Å². The van der Waals surface area contributed by atoms with E-state index < -0.39 is 0 Å². The molecular formula is C14H18BrN5O. The van der Waals surface area contributed by atoms with Crippen molar-refractivity contribution >= 4 is 33.0 Å². The summed E-state index contributed by atoms with van der Waals surface area (Å²) < 4.78 is 8.88. The summed E-state index contributed by atoms with van der Waals surface area (Å²) in [6.07, 6.45) is 4.48. The first-order valence-corrected chi connectivity index (χ1v) is 8.13. The standard InChI is InChI=1S/C14H18BrN5O/c15-9-4-12-13(17-5-9)20(14(16)18-12)7-11-6-19-3-1-2-10(19)8-21-11/h4-5,10-11H,1-3,6-8H2,(H2,16,18). The molecule has 0 amide bonds. The highest BCUT2D eigenvalue weighted by Gasteiger charge is 2.32. The van der Waals surface area contributed by atoms with Crippen molar-refractivity contribution in [2.24, 2.45) is 0 Å². The summed E-state index contributed by atoms with van der Waals surface area (Å²) in [6.45, 7) is 3.70. The molecule has 2 atom stereocenters. The van der Waals surface area contributed by atoms with Gasteiger partial charge in [0.25, 0.3) is 0 Å². The summed E-state index contributed by atoms with van der Waals surface area (Å²) in [5.74, 6) is 0.503. The molecule has 4 heterocycles. The molecule has 112 valence electrons. The van der Waals surface area contributed by atoms with Crippen LogP contribution in [-0.2, 0) is 11.3 Å². The molecule has 0 saturated carbocycles. The monoisotopic (exact) mass is 351 g/mol. The molecule has 0 aromatic carbocycles. The number of fused-ring (bicyclic) bond motifs is 2. The molecule has 2 aliphatic rings. The summed E-state index contributed by atoms with van der Waals surface area (Å²) >= 11 is 3.41. The predicted octanol–water partition coefficient (Wildman–Crippen LogP) is 1.64. The van der Waals surface area contributed by atoms with E-state index in [0.29, 0.717) is 18.5 Å². The zero-order valence-electron chi connectivity index (χ0n) is 11.7. The number of morpholine rings is 1. The maximum Gasteiger partial charge on any atom is 0.202 e. The molecule has 7 heteroatoms. The van der Waals surface area contributed by atoms with Gasteiger partial charge in [0, 0.05) is 23.3 Å². The minimum atomic E-state index is 0.157. The molecule has 2 saturated heterocycles. The Hall–Kier alpha value is -1.18. The van der Waals surface area contributed by atoms with Gasteiger partial charge >= 0.3 is 0 Å². The second-order valence-corrected chi connectivity index (χ2v) is 6.74. The molecule has 0 spiro atoms. The average molecular weight is 352 g/mol. The first-order valence-electron chi connectivity index (χ1n) is 7.33. The number of nitrogen functional groups attached to an aromatic ring is 1. The van der Waals surface area contributed by atoms with Gasteiger partial charge in [-0.2, -0.15) is 0 Å². The zero-order chi connectivity index (χ0) is 14.4. The minimum absolute atomic E-state index is 0.157. The number of pyridine rings is 1. The number of nitrogens with two attached hydrogens (primary N) is 1. The van der Waals surface area contributed by atoms with Crippen LogP contribution in [0.5, 0.6) is 0 Å². The third kappa shape index (κ3) is 2.43. The van der Waals surface area contributed by atoms with Gasteiger partial charge in [-0.1, -0.05) is 0 Å². The molecule has 0 bridgehead atoms. The average Bonchev–Trinajstić information content (AvgIpc) is 3.03. The second kappa shape index (κ2) is 5.23. The number of rotatable bonds is 2. The van der Waals surface area contributed by atoms with Gasteiger partial charge in [0.15, 0.2) is 5.65 Å². The van der Waals surface area contributed by atoms with Crippen molar-refractivity contribution in [3.05, 3.63) is 16.7 Å². The van der Waals surface area contributed by atoms with E-state index in [0.717, 1.165) is 28.8 Å². The molecule has 2 aromatic rings. The number of halogens is 1. The lowest BCUT2D eigenvalue weighted by Gasteiger charge is -2.35. The maximum atomic E-state index is 6.05. The highest BCUT2D eigenvalue weighted by molar-refractivity contribution is 9.10. The fourth-order valence-electron chi connectivity index (χ4n) is 3.38. The van der Waals surface area contributed by atoms with Gasteiger partial charge in [0.05, 0.1) is 19.3 Å². The van der Waals surface area contributed by atoms with Crippen LogP contribution in [0.2, 0.25) is 0 Å². The molecular weight excluding hydrogens is 334 g/mol. The van der Waals surface area contributed by atoms with Gasteiger partial charge in [0.1, 0.15) is 5.52 Å². The Bertz CT molecular complexity index is 673. The number of aromatic nitrogens is 3. The molecule has 21 heavy (non-hydrogen) atoms. The Balaban J connectivity index is 1.58. The van der Waals surface area contributed by atoms with Crippen LogP contribution in [0.25, 0.3) is 11.2 Å². The van der Waals surface area contributed by atoms with E-state index in [2.05, 4.69) is 30.8 Å². The summed E-state index contributed by atoms with van der Waals surface area (Å²) in [5.41, 5.74) is 7.69. The van der Waals surface area contributed by atoms with Crippen LogP contribution in [0.1, 0.15) is 12.8 Å². The van der Waals surface area contributed by atoms with E-state index >= 15 is 0 Å². The molecule has 2 aromatic heterocycles. The molecule has 2 aliphatic heterocycles. The highest BCUT2D eigenvalue weighted by Crippen LogP contribution is 2.25. The normalized spacial score (nSPS) is 26.3. The van der Waals surface area contributed by atoms with Gasteiger partial charge < -0.3 is 10.5 Å². The minimum Gasteiger partial charge on any atom is -0.373 e. The summed E-state index contributed by atoms with van der Waals surface area (Å²) in [7, 11) is 0. The van der Waals surface area contributed by atoms with Crippen molar-refractivity contribution in [1.29, 1.82) is 0 Å². The molecule has 2 unspecified atom stereocenters. The van der Waals surface area contributed by atoms with E-state index in [4.69, 9.17) is 10.5 Å². The summed E-state index contributed by atoms with van der Waals surface area (Å²) in [5, 5.41) is 0. The van der Waals surface area contributed by atoms with Crippen LogP contribution in [0, 0.1) is 0 Å². The largest absolute Gasteiger partial charge is 0.373 e. The van der Waals surface area contributed by atoms with Gasteiger partial charge in [-0.25, -0.2) is 9.97 Å². The van der Waals surface area contributed by atoms with Crippen molar-refractivity contribution in [3.8, 4) is 0 Å². The maximum absolute atomic E-state index is 6.05. The Morgan fingerprint density at radius 3 is 3.29 bits per heavy atom. The Morgan fingerprint density at radius 1 is 1.48 bits per heavy atom. The number of imidazole rings is 1. The lowest BCUT2D eigenvalue weighted by molar-refractivity contribution is -0.0545. The Morgan fingerprint density at radius 2 is 2.38 bits per heavy atom. The first kappa shape index (κ1) is 13.5. The quantitative estimate of drug-likeness (QED) is 0.890. The molecule has 6 nitrogen and oxygen atoms in total. The van der Waals surface area contributed by atoms with E-state index in [9.17, 15) is 0 Å². The van der Waals surface area contributed by atoms with Gasteiger partial charge in [-0.3, -0.25) is 9.47 Å². The van der Waals surface area contributed by atoms with Crippen LogP contribution >= 0.6 is 15.9 Å². The number of hydrogen-bond donors (Lipinski definition) is 1. The fourth-order valence-corrected chi connectivity index (χ4v) is 3.70. The van der Waals surface area contributed by atoms with Gasteiger partial charge in [-0.15, -0.1) is 0 Å². The van der Waals surface area contributed by atoms with Gasteiger partial charge in [-0.05, 0) is 41.4 Å². The van der Waals surface area contributed by atoms with E-state index in [1.165, 1.54) is 19.4 Å².